The molecule has 0 saturated heterocycles. The molecule has 0 spiro atoms. The number of nitrogens with zero attached hydrogens (tertiary/aromatic N) is 1. The van der Waals surface area contributed by atoms with Gasteiger partial charge in [0.05, 0.1) is 0 Å². The van der Waals surface area contributed by atoms with Crippen LogP contribution in [0.1, 0.15) is 43.9 Å². The first-order valence-electron chi connectivity index (χ1n) is 5.65. The Kier molecular flexibility index (Phi) is 2.91. The zero-order valence-corrected chi connectivity index (χ0v) is 9.46. The van der Waals surface area contributed by atoms with Crippen LogP contribution in [-0.2, 0) is 6.54 Å². The maximum Gasteiger partial charge on any atom is 0.123 e. The lowest BCUT2D eigenvalue weighted by atomic mass is 10.1. The van der Waals surface area contributed by atoms with E-state index in [2.05, 4.69) is 30.2 Å². The number of aromatic nitrogens is 1. The molecule has 3 N–H and O–H groups in total. The summed E-state index contributed by atoms with van der Waals surface area (Å²) in [6, 6.07) is 4.85. The molecule has 15 heavy (non-hydrogen) atoms. The van der Waals surface area contributed by atoms with Crippen LogP contribution in [0.2, 0.25) is 0 Å². The lowest BCUT2D eigenvalue weighted by Gasteiger charge is -2.09. The van der Waals surface area contributed by atoms with Gasteiger partial charge in [-0.25, -0.2) is 4.98 Å². The molecule has 1 aliphatic carbocycles. The third kappa shape index (κ3) is 2.93. The van der Waals surface area contributed by atoms with Crippen LogP contribution in [0.25, 0.3) is 0 Å². The van der Waals surface area contributed by atoms with Crippen molar-refractivity contribution in [3.63, 3.8) is 0 Å². The number of hydrogen-bond acceptors (Lipinski definition) is 3. The van der Waals surface area contributed by atoms with Gasteiger partial charge in [-0.05, 0) is 36.5 Å². The van der Waals surface area contributed by atoms with Crippen molar-refractivity contribution in [2.75, 3.05) is 5.73 Å². The van der Waals surface area contributed by atoms with Crippen LogP contribution in [0.15, 0.2) is 12.1 Å². The van der Waals surface area contributed by atoms with Crippen molar-refractivity contribution in [3.8, 4) is 0 Å². The van der Waals surface area contributed by atoms with Crippen molar-refractivity contribution in [2.45, 2.75) is 45.2 Å². The summed E-state index contributed by atoms with van der Waals surface area (Å²) in [5.41, 5.74) is 8.11. The van der Waals surface area contributed by atoms with E-state index < -0.39 is 0 Å². The molecule has 3 nitrogen and oxygen atoms in total. The molecule has 0 bridgehead atoms. The number of nitrogens with two attached hydrogens (primary N) is 1. The van der Waals surface area contributed by atoms with E-state index in [0.29, 0.717) is 11.7 Å². The molecule has 3 heteroatoms. The molecule has 1 aliphatic rings. The van der Waals surface area contributed by atoms with E-state index in [0.717, 1.165) is 18.3 Å². The number of nitrogen functional groups attached to an aromatic ring is 1. The number of hydrogen-bond donors (Lipinski definition) is 2. The molecule has 1 heterocycles. The van der Waals surface area contributed by atoms with Crippen molar-refractivity contribution < 1.29 is 0 Å². The molecule has 82 valence electrons. The van der Waals surface area contributed by atoms with Crippen molar-refractivity contribution in [1.29, 1.82) is 0 Å². The second kappa shape index (κ2) is 4.19. The van der Waals surface area contributed by atoms with Crippen molar-refractivity contribution in [2.24, 2.45) is 0 Å². The highest BCUT2D eigenvalue weighted by Crippen LogP contribution is 2.20. The Morgan fingerprint density at radius 3 is 2.80 bits per heavy atom. The Hall–Kier alpha value is -1.09. The highest BCUT2D eigenvalue weighted by Gasteiger charge is 2.20. The molecule has 2 rings (SSSR count). The van der Waals surface area contributed by atoms with Crippen LogP contribution < -0.4 is 11.1 Å². The van der Waals surface area contributed by atoms with Gasteiger partial charge in [0.2, 0.25) is 0 Å². The second-order valence-corrected chi connectivity index (χ2v) is 4.63. The topological polar surface area (TPSA) is 50.9 Å². The Morgan fingerprint density at radius 2 is 2.20 bits per heavy atom. The quantitative estimate of drug-likeness (QED) is 0.791. The molecule has 1 saturated carbocycles. The highest BCUT2D eigenvalue weighted by atomic mass is 14.9. The molecule has 0 radical (unpaired) electrons. The third-order valence-corrected chi connectivity index (χ3v) is 2.69. The molecule has 1 fully saturated rings. The summed E-state index contributed by atoms with van der Waals surface area (Å²) in [5.74, 6) is 1.07. The minimum Gasteiger partial charge on any atom is -0.384 e. The first-order valence-corrected chi connectivity index (χ1v) is 5.65. The highest BCUT2D eigenvalue weighted by molar-refractivity contribution is 5.35. The van der Waals surface area contributed by atoms with Crippen molar-refractivity contribution >= 4 is 5.82 Å². The van der Waals surface area contributed by atoms with Crippen LogP contribution in [-0.4, -0.2) is 11.0 Å². The number of pyridine rings is 1. The minimum atomic E-state index is 0.438. The van der Waals surface area contributed by atoms with E-state index in [-0.39, 0.29) is 0 Å². The third-order valence-electron chi connectivity index (χ3n) is 2.69. The molecule has 0 atom stereocenters. The van der Waals surface area contributed by atoms with E-state index >= 15 is 0 Å². The normalized spacial score (nSPS) is 15.9. The van der Waals surface area contributed by atoms with Gasteiger partial charge < -0.3 is 11.1 Å². The lowest BCUT2D eigenvalue weighted by molar-refractivity contribution is 0.684. The van der Waals surface area contributed by atoms with Crippen LogP contribution in [0.4, 0.5) is 5.82 Å². The van der Waals surface area contributed by atoms with E-state index in [1.807, 2.05) is 6.07 Å². The first kappa shape index (κ1) is 10.4. The zero-order valence-electron chi connectivity index (χ0n) is 9.46. The fourth-order valence-corrected chi connectivity index (χ4v) is 1.58. The summed E-state index contributed by atoms with van der Waals surface area (Å²) in [5, 5.41) is 3.48. The molecule has 1 aromatic rings. The van der Waals surface area contributed by atoms with E-state index in [1.54, 1.807) is 0 Å². The molecule has 1 aromatic heterocycles. The van der Waals surface area contributed by atoms with E-state index in [4.69, 9.17) is 5.73 Å². The Morgan fingerprint density at radius 1 is 1.47 bits per heavy atom. The standard InChI is InChI=1S/C12H19N3/c1-8(2)11-5-9(6-12(13)15-11)7-14-10-3-4-10/h5-6,8,10,14H,3-4,7H2,1-2H3,(H2,13,15). The van der Waals surface area contributed by atoms with Gasteiger partial charge in [0.25, 0.3) is 0 Å². The summed E-state index contributed by atoms with van der Waals surface area (Å²) in [4.78, 5) is 4.33. The Balaban J connectivity index is 2.07. The van der Waals surface area contributed by atoms with Crippen LogP contribution in [0, 0.1) is 0 Å². The molecule has 0 unspecified atom stereocenters. The van der Waals surface area contributed by atoms with Gasteiger partial charge in [0, 0.05) is 18.3 Å². The maximum absolute atomic E-state index is 5.78. The summed E-state index contributed by atoms with van der Waals surface area (Å²) in [6.45, 7) is 5.19. The SMILES string of the molecule is CC(C)c1cc(CNC2CC2)cc(N)n1. The Bertz CT molecular complexity index is 343. The summed E-state index contributed by atoms with van der Waals surface area (Å²) >= 11 is 0. The second-order valence-electron chi connectivity index (χ2n) is 4.63. The molecule has 0 aromatic carbocycles. The van der Waals surface area contributed by atoms with Crippen LogP contribution >= 0.6 is 0 Å². The lowest BCUT2D eigenvalue weighted by Crippen LogP contribution is -2.16. The predicted molar refractivity (Wildman–Crippen MR) is 62.6 cm³/mol. The first-order chi connectivity index (χ1) is 7.15. The molecular weight excluding hydrogens is 186 g/mol. The van der Waals surface area contributed by atoms with Gasteiger partial charge in [-0.3, -0.25) is 0 Å². The smallest absolute Gasteiger partial charge is 0.123 e. The van der Waals surface area contributed by atoms with Crippen molar-refractivity contribution in [3.05, 3.63) is 23.4 Å². The fourth-order valence-electron chi connectivity index (χ4n) is 1.58. The van der Waals surface area contributed by atoms with Gasteiger partial charge in [0.15, 0.2) is 0 Å². The van der Waals surface area contributed by atoms with Gasteiger partial charge in [-0.2, -0.15) is 0 Å². The zero-order chi connectivity index (χ0) is 10.8. The monoisotopic (exact) mass is 205 g/mol. The average molecular weight is 205 g/mol. The average Bonchev–Trinajstić information content (AvgIpc) is 2.97. The number of anilines is 1. The van der Waals surface area contributed by atoms with E-state index in [1.165, 1.54) is 18.4 Å². The minimum absolute atomic E-state index is 0.438. The number of rotatable bonds is 4. The van der Waals surface area contributed by atoms with Crippen LogP contribution in [0.3, 0.4) is 0 Å². The molecule has 0 aliphatic heterocycles. The van der Waals surface area contributed by atoms with E-state index in [9.17, 15) is 0 Å². The van der Waals surface area contributed by atoms with Crippen LogP contribution in [0.5, 0.6) is 0 Å². The Labute approximate surface area is 91.1 Å². The van der Waals surface area contributed by atoms with Gasteiger partial charge in [-0.1, -0.05) is 13.8 Å². The number of nitrogens with one attached hydrogen (secondary N) is 1. The fraction of sp³-hybridized carbons (Fsp3) is 0.583. The van der Waals surface area contributed by atoms with Crippen molar-refractivity contribution in [1.82, 2.24) is 10.3 Å². The molecule has 0 amide bonds. The van der Waals surface area contributed by atoms with Gasteiger partial charge in [-0.15, -0.1) is 0 Å². The van der Waals surface area contributed by atoms with Gasteiger partial charge in [0.1, 0.15) is 5.82 Å². The molecular formula is C12H19N3. The summed E-state index contributed by atoms with van der Waals surface area (Å²) < 4.78 is 0. The maximum atomic E-state index is 5.78. The summed E-state index contributed by atoms with van der Waals surface area (Å²) in [7, 11) is 0. The predicted octanol–water partition coefficient (Wildman–Crippen LogP) is 2.04. The largest absolute Gasteiger partial charge is 0.384 e. The van der Waals surface area contributed by atoms with Gasteiger partial charge >= 0.3 is 0 Å². The summed E-state index contributed by atoms with van der Waals surface area (Å²) in [6.07, 6.45) is 2.63.